The number of benzene rings is 1. The number of methoxy groups -OCH3 is 1. The third kappa shape index (κ3) is 5.13. The highest BCUT2D eigenvalue weighted by Gasteiger charge is 2.02. The molecule has 2 N–H and O–H groups in total. The maximum atomic E-state index is 5.23. The molecule has 0 bridgehead atoms. The molecule has 0 spiro atoms. The molecule has 2 heterocycles. The molecule has 0 fully saturated rings. The van der Waals surface area contributed by atoms with Crippen molar-refractivity contribution >= 4 is 11.8 Å². The van der Waals surface area contributed by atoms with Gasteiger partial charge in [-0.3, -0.25) is 4.98 Å². The summed E-state index contributed by atoms with van der Waals surface area (Å²) < 4.78 is 5.23. The molecule has 0 saturated carbocycles. The van der Waals surface area contributed by atoms with Gasteiger partial charge in [0.15, 0.2) is 5.82 Å². The van der Waals surface area contributed by atoms with Gasteiger partial charge in [0.25, 0.3) is 0 Å². The minimum Gasteiger partial charge on any atom is -0.497 e. The van der Waals surface area contributed by atoms with Gasteiger partial charge in [-0.05, 0) is 35.7 Å². The lowest BCUT2D eigenvalue weighted by Gasteiger charge is -2.08. The van der Waals surface area contributed by atoms with Crippen molar-refractivity contribution in [3.05, 3.63) is 66.1 Å². The van der Waals surface area contributed by atoms with Crippen molar-refractivity contribution in [2.45, 2.75) is 13.0 Å². The second kappa shape index (κ2) is 8.58. The van der Waals surface area contributed by atoms with Crippen molar-refractivity contribution in [2.75, 3.05) is 24.3 Å². The molecule has 7 heteroatoms. The van der Waals surface area contributed by atoms with Crippen LogP contribution in [0.1, 0.15) is 11.1 Å². The second-order valence-corrected chi connectivity index (χ2v) is 5.41. The number of ether oxygens (including phenoxy) is 1. The topological polar surface area (TPSA) is 84.9 Å². The Balaban J connectivity index is 1.51. The van der Waals surface area contributed by atoms with E-state index >= 15 is 0 Å². The van der Waals surface area contributed by atoms with Crippen LogP contribution in [-0.4, -0.2) is 33.8 Å². The first-order valence-corrected chi connectivity index (χ1v) is 8.03. The van der Waals surface area contributed by atoms with E-state index in [-0.39, 0.29) is 0 Å². The van der Waals surface area contributed by atoms with Crippen LogP contribution in [0.2, 0.25) is 0 Å². The van der Waals surface area contributed by atoms with Crippen LogP contribution in [0.15, 0.2) is 55.0 Å². The SMILES string of the molecule is COc1cccc(CCNc2nncc(NCc3cccnc3)n2)c1. The van der Waals surface area contributed by atoms with Crippen molar-refractivity contribution in [1.29, 1.82) is 0 Å². The van der Waals surface area contributed by atoms with Gasteiger partial charge in [-0.15, -0.1) is 5.10 Å². The molecule has 0 unspecified atom stereocenters. The highest BCUT2D eigenvalue weighted by atomic mass is 16.5. The van der Waals surface area contributed by atoms with E-state index in [1.807, 2.05) is 36.5 Å². The summed E-state index contributed by atoms with van der Waals surface area (Å²) in [5.41, 5.74) is 2.26. The minimum absolute atomic E-state index is 0.499. The Morgan fingerprint density at radius 1 is 1.04 bits per heavy atom. The molecule has 0 aliphatic carbocycles. The summed E-state index contributed by atoms with van der Waals surface area (Å²) in [4.78, 5) is 8.50. The van der Waals surface area contributed by atoms with E-state index in [9.17, 15) is 0 Å². The van der Waals surface area contributed by atoms with Gasteiger partial charge in [-0.1, -0.05) is 18.2 Å². The first-order chi connectivity index (χ1) is 12.3. The maximum Gasteiger partial charge on any atom is 0.244 e. The lowest BCUT2D eigenvalue weighted by Crippen LogP contribution is -2.10. The van der Waals surface area contributed by atoms with Crippen molar-refractivity contribution in [3.63, 3.8) is 0 Å². The molecule has 128 valence electrons. The highest BCUT2D eigenvalue weighted by molar-refractivity contribution is 5.38. The average molecular weight is 336 g/mol. The number of pyridine rings is 1. The van der Waals surface area contributed by atoms with Crippen LogP contribution in [0.5, 0.6) is 5.75 Å². The largest absolute Gasteiger partial charge is 0.497 e. The molecule has 0 amide bonds. The summed E-state index contributed by atoms with van der Waals surface area (Å²) in [5.74, 6) is 2.03. The smallest absolute Gasteiger partial charge is 0.244 e. The van der Waals surface area contributed by atoms with Crippen LogP contribution in [0, 0.1) is 0 Å². The molecule has 7 nitrogen and oxygen atoms in total. The van der Waals surface area contributed by atoms with Crippen molar-refractivity contribution in [2.24, 2.45) is 0 Å². The van der Waals surface area contributed by atoms with E-state index in [2.05, 4.69) is 36.9 Å². The lowest BCUT2D eigenvalue weighted by atomic mass is 10.1. The second-order valence-electron chi connectivity index (χ2n) is 5.41. The molecule has 3 rings (SSSR count). The van der Waals surface area contributed by atoms with Crippen LogP contribution in [-0.2, 0) is 13.0 Å². The van der Waals surface area contributed by atoms with Crippen LogP contribution < -0.4 is 15.4 Å². The predicted molar refractivity (Wildman–Crippen MR) is 96.6 cm³/mol. The normalized spacial score (nSPS) is 10.3. The first kappa shape index (κ1) is 16.6. The molecule has 3 aromatic rings. The van der Waals surface area contributed by atoms with Gasteiger partial charge in [0.2, 0.25) is 5.95 Å². The van der Waals surface area contributed by atoms with Crippen molar-refractivity contribution in [3.8, 4) is 5.75 Å². The predicted octanol–water partition coefficient (Wildman–Crippen LogP) is 2.54. The van der Waals surface area contributed by atoms with Gasteiger partial charge in [-0.25, -0.2) is 0 Å². The number of hydrogen-bond donors (Lipinski definition) is 2. The van der Waals surface area contributed by atoms with E-state index in [1.54, 1.807) is 19.5 Å². The molecular formula is C18H20N6O. The molecule has 0 radical (unpaired) electrons. The molecule has 0 saturated heterocycles. The molecule has 0 aliphatic heterocycles. The Hall–Kier alpha value is -3.22. The fourth-order valence-electron chi connectivity index (χ4n) is 2.31. The molecule has 0 atom stereocenters. The van der Waals surface area contributed by atoms with Crippen LogP contribution >= 0.6 is 0 Å². The molecular weight excluding hydrogens is 316 g/mol. The van der Waals surface area contributed by atoms with E-state index in [0.29, 0.717) is 24.9 Å². The molecule has 2 aromatic heterocycles. The highest BCUT2D eigenvalue weighted by Crippen LogP contribution is 2.13. The van der Waals surface area contributed by atoms with Crippen LogP contribution in [0.4, 0.5) is 11.8 Å². The Labute approximate surface area is 146 Å². The van der Waals surface area contributed by atoms with Crippen molar-refractivity contribution in [1.82, 2.24) is 20.2 Å². The molecule has 0 aliphatic rings. The van der Waals surface area contributed by atoms with E-state index in [1.165, 1.54) is 5.56 Å². The zero-order valence-electron chi connectivity index (χ0n) is 14.0. The summed E-state index contributed by atoms with van der Waals surface area (Å²) in [7, 11) is 1.67. The number of hydrogen-bond acceptors (Lipinski definition) is 7. The first-order valence-electron chi connectivity index (χ1n) is 8.03. The Morgan fingerprint density at radius 2 is 1.96 bits per heavy atom. The quantitative estimate of drug-likeness (QED) is 0.654. The van der Waals surface area contributed by atoms with Gasteiger partial charge < -0.3 is 15.4 Å². The fourth-order valence-corrected chi connectivity index (χ4v) is 2.31. The Morgan fingerprint density at radius 3 is 2.80 bits per heavy atom. The number of nitrogens with zero attached hydrogens (tertiary/aromatic N) is 4. The van der Waals surface area contributed by atoms with Crippen LogP contribution in [0.25, 0.3) is 0 Å². The summed E-state index contributed by atoms with van der Waals surface area (Å²) in [6.07, 6.45) is 6.01. The van der Waals surface area contributed by atoms with E-state index < -0.39 is 0 Å². The third-order valence-corrected chi connectivity index (χ3v) is 3.59. The molecule has 1 aromatic carbocycles. The van der Waals surface area contributed by atoms with E-state index in [0.717, 1.165) is 17.7 Å². The maximum absolute atomic E-state index is 5.23. The van der Waals surface area contributed by atoms with E-state index in [4.69, 9.17) is 4.74 Å². The van der Waals surface area contributed by atoms with Gasteiger partial charge in [0.1, 0.15) is 5.75 Å². The Kier molecular flexibility index (Phi) is 5.71. The lowest BCUT2D eigenvalue weighted by molar-refractivity contribution is 0.414. The fraction of sp³-hybridized carbons (Fsp3) is 0.222. The average Bonchev–Trinajstić information content (AvgIpc) is 2.68. The number of rotatable bonds is 8. The van der Waals surface area contributed by atoms with Gasteiger partial charge in [0, 0.05) is 25.5 Å². The van der Waals surface area contributed by atoms with Crippen molar-refractivity contribution < 1.29 is 4.74 Å². The monoisotopic (exact) mass is 336 g/mol. The van der Waals surface area contributed by atoms with Crippen LogP contribution in [0.3, 0.4) is 0 Å². The summed E-state index contributed by atoms with van der Waals surface area (Å²) >= 11 is 0. The van der Waals surface area contributed by atoms with Gasteiger partial charge in [0.05, 0.1) is 13.3 Å². The molecule has 25 heavy (non-hydrogen) atoms. The zero-order chi connectivity index (χ0) is 17.3. The number of anilines is 2. The zero-order valence-corrected chi connectivity index (χ0v) is 14.0. The third-order valence-electron chi connectivity index (χ3n) is 3.59. The van der Waals surface area contributed by atoms with Gasteiger partial charge in [-0.2, -0.15) is 10.1 Å². The Bertz CT molecular complexity index is 796. The number of aromatic nitrogens is 4. The summed E-state index contributed by atoms with van der Waals surface area (Å²) in [6, 6.07) is 11.9. The summed E-state index contributed by atoms with van der Waals surface area (Å²) in [5, 5.41) is 14.4. The number of nitrogens with one attached hydrogen (secondary N) is 2. The van der Waals surface area contributed by atoms with Gasteiger partial charge >= 0.3 is 0 Å². The minimum atomic E-state index is 0.499. The summed E-state index contributed by atoms with van der Waals surface area (Å²) in [6.45, 7) is 1.34. The standard InChI is InChI=1S/C18H20N6O/c1-25-16-6-2-4-14(10-16)7-9-20-18-23-17(13-22-24-18)21-12-15-5-3-8-19-11-15/h2-6,8,10-11,13H,7,9,12H2,1H3,(H2,20,21,23,24).